The Bertz CT molecular complexity index is 647. The summed E-state index contributed by atoms with van der Waals surface area (Å²) in [5.74, 6) is -0.549. The van der Waals surface area contributed by atoms with Gasteiger partial charge in [-0.25, -0.2) is 0 Å². The summed E-state index contributed by atoms with van der Waals surface area (Å²) in [5.41, 5.74) is 3.08. The van der Waals surface area contributed by atoms with Gasteiger partial charge in [-0.15, -0.1) is 11.3 Å². The number of benzene rings is 1. The first-order chi connectivity index (χ1) is 10.5. The molecule has 0 aliphatic heterocycles. The predicted octanol–water partition coefficient (Wildman–Crippen LogP) is 3.05. The van der Waals surface area contributed by atoms with Gasteiger partial charge in [0, 0.05) is 17.1 Å². The number of thiophene rings is 1. The fraction of sp³-hybridized carbons (Fsp3) is 0.294. The van der Waals surface area contributed by atoms with Crippen LogP contribution in [0.5, 0.6) is 0 Å². The average molecular weight is 316 g/mol. The van der Waals surface area contributed by atoms with Crippen LogP contribution in [0.15, 0.2) is 35.7 Å². The molecule has 4 nitrogen and oxygen atoms in total. The molecule has 2 rings (SSSR count). The molecule has 0 aliphatic rings. The second-order valence-electron chi connectivity index (χ2n) is 5.22. The molecule has 0 unspecified atom stereocenters. The van der Waals surface area contributed by atoms with Crippen LogP contribution in [-0.2, 0) is 16.0 Å². The summed E-state index contributed by atoms with van der Waals surface area (Å²) < 4.78 is 0. The molecule has 22 heavy (non-hydrogen) atoms. The number of anilines is 1. The van der Waals surface area contributed by atoms with E-state index in [1.165, 1.54) is 10.4 Å². The summed E-state index contributed by atoms with van der Waals surface area (Å²) in [7, 11) is 0. The highest BCUT2D eigenvalue weighted by molar-refractivity contribution is 7.10. The van der Waals surface area contributed by atoms with Gasteiger partial charge in [0.15, 0.2) is 0 Å². The fourth-order valence-corrected chi connectivity index (χ4v) is 2.94. The van der Waals surface area contributed by atoms with E-state index in [0.717, 1.165) is 12.0 Å². The quantitative estimate of drug-likeness (QED) is 0.805. The lowest BCUT2D eigenvalue weighted by atomic mass is 10.2. The Morgan fingerprint density at radius 1 is 1.05 bits per heavy atom. The molecule has 0 radical (unpaired) electrons. The Morgan fingerprint density at radius 3 is 2.41 bits per heavy atom. The van der Waals surface area contributed by atoms with Crippen LogP contribution < -0.4 is 10.6 Å². The first kappa shape index (κ1) is 16.2. The summed E-state index contributed by atoms with van der Waals surface area (Å²) in [6, 6.07) is 9.55. The molecular formula is C17H20N2O2S. The minimum absolute atomic E-state index is 0.155. The molecule has 2 N–H and O–H groups in total. The lowest BCUT2D eigenvalue weighted by Gasteiger charge is -2.07. The number of carbonyl (C=O) groups is 2. The molecule has 5 heteroatoms. The van der Waals surface area contributed by atoms with Crippen LogP contribution in [0.25, 0.3) is 0 Å². The van der Waals surface area contributed by atoms with Gasteiger partial charge in [-0.3, -0.25) is 9.59 Å². The molecule has 1 heterocycles. The molecule has 0 aliphatic carbocycles. The van der Waals surface area contributed by atoms with Crippen molar-refractivity contribution in [1.29, 1.82) is 0 Å². The van der Waals surface area contributed by atoms with Crippen molar-refractivity contribution in [3.63, 3.8) is 0 Å². The standard InChI is InChI=1S/C17H20N2O2S/c1-12-3-5-14(6-4-12)19-17(21)11-16(20)18-9-7-15-13(2)8-10-22-15/h3-6,8,10H,7,9,11H2,1-2H3,(H,18,20)(H,19,21). The van der Waals surface area contributed by atoms with E-state index in [2.05, 4.69) is 23.6 Å². The van der Waals surface area contributed by atoms with E-state index in [4.69, 9.17) is 0 Å². The number of carbonyl (C=O) groups excluding carboxylic acids is 2. The maximum Gasteiger partial charge on any atom is 0.233 e. The molecule has 0 saturated carbocycles. The molecule has 0 fully saturated rings. The summed E-state index contributed by atoms with van der Waals surface area (Å²) >= 11 is 1.69. The molecule has 1 aromatic heterocycles. The van der Waals surface area contributed by atoms with E-state index in [1.54, 1.807) is 11.3 Å². The Morgan fingerprint density at radius 2 is 1.77 bits per heavy atom. The predicted molar refractivity (Wildman–Crippen MR) is 90.2 cm³/mol. The molecule has 116 valence electrons. The number of amides is 2. The molecule has 0 atom stereocenters. The zero-order chi connectivity index (χ0) is 15.9. The first-order valence-corrected chi connectivity index (χ1v) is 8.09. The van der Waals surface area contributed by atoms with E-state index < -0.39 is 0 Å². The van der Waals surface area contributed by atoms with Crippen molar-refractivity contribution < 1.29 is 9.59 Å². The van der Waals surface area contributed by atoms with Gasteiger partial charge in [0.1, 0.15) is 6.42 Å². The first-order valence-electron chi connectivity index (χ1n) is 7.21. The number of rotatable bonds is 6. The summed E-state index contributed by atoms with van der Waals surface area (Å²) in [4.78, 5) is 24.8. The Hall–Kier alpha value is -2.14. The van der Waals surface area contributed by atoms with Gasteiger partial charge < -0.3 is 10.6 Å². The van der Waals surface area contributed by atoms with E-state index in [-0.39, 0.29) is 18.2 Å². The van der Waals surface area contributed by atoms with Crippen LogP contribution in [0.2, 0.25) is 0 Å². The third kappa shape index (κ3) is 5.00. The maximum absolute atomic E-state index is 11.8. The van der Waals surface area contributed by atoms with Crippen molar-refractivity contribution >= 4 is 28.8 Å². The highest BCUT2D eigenvalue weighted by Gasteiger charge is 2.09. The van der Waals surface area contributed by atoms with Crippen LogP contribution >= 0.6 is 11.3 Å². The molecule has 0 saturated heterocycles. The van der Waals surface area contributed by atoms with Crippen LogP contribution in [-0.4, -0.2) is 18.4 Å². The summed E-state index contributed by atoms with van der Waals surface area (Å²) in [6.45, 7) is 4.59. The topological polar surface area (TPSA) is 58.2 Å². The van der Waals surface area contributed by atoms with Crippen LogP contribution in [0.1, 0.15) is 22.4 Å². The molecule has 0 bridgehead atoms. The third-order valence-electron chi connectivity index (χ3n) is 3.30. The number of nitrogens with one attached hydrogen (secondary N) is 2. The van der Waals surface area contributed by atoms with Gasteiger partial charge in [-0.2, -0.15) is 0 Å². The Labute approximate surface area is 134 Å². The smallest absolute Gasteiger partial charge is 0.233 e. The van der Waals surface area contributed by atoms with Crippen molar-refractivity contribution in [3.8, 4) is 0 Å². The highest BCUT2D eigenvalue weighted by Crippen LogP contribution is 2.15. The van der Waals surface area contributed by atoms with Gasteiger partial charge in [0.2, 0.25) is 11.8 Å². The fourth-order valence-electron chi connectivity index (χ4n) is 2.03. The van der Waals surface area contributed by atoms with Gasteiger partial charge in [0.25, 0.3) is 0 Å². The van der Waals surface area contributed by atoms with E-state index in [1.807, 2.05) is 36.6 Å². The molecule has 1 aromatic carbocycles. The minimum atomic E-state index is -0.298. The van der Waals surface area contributed by atoms with Gasteiger partial charge in [-0.05, 0) is 49.4 Å². The van der Waals surface area contributed by atoms with E-state index >= 15 is 0 Å². The van der Waals surface area contributed by atoms with Gasteiger partial charge >= 0.3 is 0 Å². The van der Waals surface area contributed by atoms with E-state index in [0.29, 0.717) is 12.2 Å². The second kappa shape index (κ2) is 7.75. The van der Waals surface area contributed by atoms with Gasteiger partial charge in [0.05, 0.1) is 0 Å². The van der Waals surface area contributed by atoms with Crippen LogP contribution in [0.3, 0.4) is 0 Å². The second-order valence-corrected chi connectivity index (χ2v) is 6.22. The monoisotopic (exact) mass is 316 g/mol. The van der Waals surface area contributed by atoms with Crippen molar-refractivity contribution in [2.45, 2.75) is 26.7 Å². The number of hydrogen-bond donors (Lipinski definition) is 2. The van der Waals surface area contributed by atoms with Gasteiger partial charge in [-0.1, -0.05) is 17.7 Å². The van der Waals surface area contributed by atoms with Crippen LogP contribution in [0, 0.1) is 13.8 Å². The van der Waals surface area contributed by atoms with E-state index in [9.17, 15) is 9.59 Å². The third-order valence-corrected chi connectivity index (χ3v) is 4.38. The van der Waals surface area contributed by atoms with Crippen LogP contribution in [0.4, 0.5) is 5.69 Å². The van der Waals surface area contributed by atoms with Crippen molar-refractivity contribution in [2.75, 3.05) is 11.9 Å². The Balaban J connectivity index is 1.71. The zero-order valence-corrected chi connectivity index (χ0v) is 13.6. The highest BCUT2D eigenvalue weighted by atomic mass is 32.1. The largest absolute Gasteiger partial charge is 0.355 e. The molecular weight excluding hydrogens is 296 g/mol. The summed E-state index contributed by atoms with van der Waals surface area (Å²) in [5, 5.41) is 7.54. The van der Waals surface area contributed by atoms with Crippen molar-refractivity contribution in [3.05, 3.63) is 51.7 Å². The molecule has 2 amide bonds. The molecule has 2 aromatic rings. The van der Waals surface area contributed by atoms with Crippen molar-refractivity contribution in [2.24, 2.45) is 0 Å². The average Bonchev–Trinajstić information content (AvgIpc) is 2.87. The maximum atomic E-state index is 11.8. The van der Waals surface area contributed by atoms with Crippen molar-refractivity contribution in [1.82, 2.24) is 5.32 Å². The zero-order valence-electron chi connectivity index (χ0n) is 12.8. The lowest BCUT2D eigenvalue weighted by Crippen LogP contribution is -2.29. The minimum Gasteiger partial charge on any atom is -0.355 e. The number of hydrogen-bond acceptors (Lipinski definition) is 3. The SMILES string of the molecule is Cc1ccc(NC(=O)CC(=O)NCCc2sccc2C)cc1. The normalized spacial score (nSPS) is 10.3. The molecule has 0 spiro atoms. The Kier molecular flexibility index (Phi) is 5.72. The lowest BCUT2D eigenvalue weighted by molar-refractivity contribution is -0.126. The number of aryl methyl sites for hydroxylation is 2. The summed E-state index contributed by atoms with van der Waals surface area (Å²) in [6.07, 6.45) is 0.645.